The van der Waals surface area contributed by atoms with E-state index in [2.05, 4.69) is 6.58 Å². The van der Waals surface area contributed by atoms with Crippen LogP contribution in [0.2, 0.25) is 6.04 Å². The first-order chi connectivity index (χ1) is 6.74. The monoisotopic (exact) mass is 218 g/mol. The molecular formula is C10H22O3Si. The van der Waals surface area contributed by atoms with Gasteiger partial charge in [-0.1, -0.05) is 12.5 Å². The molecule has 0 aromatic heterocycles. The van der Waals surface area contributed by atoms with Gasteiger partial charge < -0.3 is 13.3 Å². The first-order valence-electron chi connectivity index (χ1n) is 5.01. The molecule has 0 rings (SSSR count). The minimum atomic E-state index is -2.30. The summed E-state index contributed by atoms with van der Waals surface area (Å²) in [7, 11) is 2.66. The SMILES string of the molecule is C=CCCCCC[Si](OC)(OC)OC. The summed E-state index contributed by atoms with van der Waals surface area (Å²) in [4.78, 5) is 0. The van der Waals surface area contributed by atoms with Crippen molar-refractivity contribution in [3.63, 3.8) is 0 Å². The summed E-state index contributed by atoms with van der Waals surface area (Å²) in [5.41, 5.74) is 0. The molecule has 0 radical (unpaired) electrons. The number of rotatable bonds is 9. The highest BCUT2D eigenvalue weighted by molar-refractivity contribution is 6.60. The summed E-state index contributed by atoms with van der Waals surface area (Å²) in [5.74, 6) is 0. The topological polar surface area (TPSA) is 27.7 Å². The summed E-state index contributed by atoms with van der Waals surface area (Å²) in [6.07, 6.45) is 6.49. The first-order valence-corrected chi connectivity index (χ1v) is 6.94. The van der Waals surface area contributed by atoms with E-state index in [1.165, 1.54) is 12.8 Å². The van der Waals surface area contributed by atoms with Crippen LogP contribution >= 0.6 is 0 Å². The van der Waals surface area contributed by atoms with Crippen molar-refractivity contribution in [2.45, 2.75) is 31.7 Å². The van der Waals surface area contributed by atoms with Crippen LogP contribution in [0.1, 0.15) is 25.7 Å². The average Bonchev–Trinajstić information content (AvgIpc) is 2.24. The van der Waals surface area contributed by atoms with Crippen molar-refractivity contribution in [2.75, 3.05) is 21.3 Å². The summed E-state index contributed by atoms with van der Waals surface area (Å²) in [5, 5.41) is 0. The quantitative estimate of drug-likeness (QED) is 0.338. The standard InChI is InChI=1S/C10H22O3Si/c1-5-6-7-8-9-10-14(11-2,12-3)13-4/h5H,1,6-10H2,2-4H3. The molecule has 0 saturated carbocycles. The minimum Gasteiger partial charge on any atom is -0.377 e. The Kier molecular flexibility index (Phi) is 8.08. The molecule has 3 nitrogen and oxygen atoms in total. The van der Waals surface area contributed by atoms with E-state index >= 15 is 0 Å². The fourth-order valence-electron chi connectivity index (χ4n) is 1.36. The van der Waals surface area contributed by atoms with Crippen LogP contribution < -0.4 is 0 Å². The lowest BCUT2D eigenvalue weighted by Gasteiger charge is -2.24. The Morgan fingerprint density at radius 2 is 1.57 bits per heavy atom. The Labute approximate surface area is 88.4 Å². The highest BCUT2D eigenvalue weighted by Gasteiger charge is 2.36. The molecule has 0 aromatic rings. The molecule has 0 heterocycles. The third-order valence-electron chi connectivity index (χ3n) is 2.32. The van der Waals surface area contributed by atoms with E-state index in [-0.39, 0.29) is 0 Å². The van der Waals surface area contributed by atoms with Gasteiger partial charge >= 0.3 is 8.80 Å². The van der Waals surface area contributed by atoms with Gasteiger partial charge in [0.15, 0.2) is 0 Å². The van der Waals surface area contributed by atoms with Crippen LogP contribution in [0.15, 0.2) is 12.7 Å². The average molecular weight is 218 g/mol. The molecule has 0 fully saturated rings. The molecule has 0 unspecified atom stereocenters. The van der Waals surface area contributed by atoms with Gasteiger partial charge in [-0.25, -0.2) is 0 Å². The number of hydrogen-bond donors (Lipinski definition) is 0. The van der Waals surface area contributed by atoms with E-state index in [0.29, 0.717) is 0 Å². The van der Waals surface area contributed by atoms with Crippen molar-refractivity contribution < 1.29 is 13.3 Å². The molecule has 0 spiro atoms. The fourth-order valence-corrected chi connectivity index (χ4v) is 3.16. The van der Waals surface area contributed by atoms with Crippen molar-refractivity contribution in [1.82, 2.24) is 0 Å². The first kappa shape index (κ1) is 13.8. The molecular weight excluding hydrogens is 196 g/mol. The molecule has 0 aliphatic heterocycles. The Bertz CT molecular complexity index is 138. The van der Waals surface area contributed by atoms with Gasteiger partial charge in [-0.2, -0.15) is 0 Å². The maximum atomic E-state index is 5.32. The van der Waals surface area contributed by atoms with Gasteiger partial charge in [-0.15, -0.1) is 6.58 Å². The van der Waals surface area contributed by atoms with Crippen LogP contribution in [0.4, 0.5) is 0 Å². The van der Waals surface area contributed by atoms with Crippen molar-refractivity contribution in [3.05, 3.63) is 12.7 Å². The molecule has 14 heavy (non-hydrogen) atoms. The molecule has 84 valence electrons. The van der Waals surface area contributed by atoms with Gasteiger partial charge in [-0.05, 0) is 19.3 Å². The maximum absolute atomic E-state index is 5.32. The van der Waals surface area contributed by atoms with Gasteiger partial charge in [0, 0.05) is 27.4 Å². The van der Waals surface area contributed by atoms with Crippen LogP contribution in [0, 0.1) is 0 Å². The Balaban J connectivity index is 3.65. The van der Waals surface area contributed by atoms with Crippen molar-refractivity contribution >= 4 is 8.80 Å². The lowest BCUT2D eigenvalue weighted by Crippen LogP contribution is -2.42. The number of hydrogen-bond acceptors (Lipinski definition) is 3. The number of unbranched alkanes of at least 4 members (excludes halogenated alkanes) is 3. The third kappa shape index (κ3) is 4.90. The van der Waals surface area contributed by atoms with Crippen LogP contribution in [0.3, 0.4) is 0 Å². The molecule has 0 aromatic carbocycles. The van der Waals surface area contributed by atoms with E-state index in [4.69, 9.17) is 13.3 Å². The van der Waals surface area contributed by atoms with Gasteiger partial charge in [0.05, 0.1) is 0 Å². The molecule has 0 atom stereocenters. The van der Waals surface area contributed by atoms with E-state index in [1.807, 2.05) is 6.08 Å². The van der Waals surface area contributed by atoms with E-state index in [9.17, 15) is 0 Å². The van der Waals surface area contributed by atoms with Gasteiger partial charge in [0.25, 0.3) is 0 Å². The Morgan fingerprint density at radius 1 is 1.00 bits per heavy atom. The highest BCUT2D eigenvalue weighted by atomic mass is 28.4. The largest absolute Gasteiger partial charge is 0.500 e. The van der Waals surface area contributed by atoms with Gasteiger partial charge in [-0.3, -0.25) is 0 Å². The molecule has 0 amide bonds. The van der Waals surface area contributed by atoms with Crippen LogP contribution in [0.5, 0.6) is 0 Å². The maximum Gasteiger partial charge on any atom is 0.500 e. The molecule has 0 bridgehead atoms. The lowest BCUT2D eigenvalue weighted by molar-refractivity contribution is 0.122. The van der Waals surface area contributed by atoms with E-state index in [0.717, 1.165) is 18.9 Å². The summed E-state index contributed by atoms with van der Waals surface area (Å²) in [6, 6.07) is 0.896. The number of allylic oxidation sites excluding steroid dienone is 1. The van der Waals surface area contributed by atoms with Crippen LogP contribution in [-0.2, 0) is 13.3 Å². The second-order valence-electron chi connectivity index (χ2n) is 3.18. The van der Waals surface area contributed by atoms with Gasteiger partial charge in [0.2, 0.25) is 0 Å². The Hall–Kier alpha value is -0.163. The smallest absolute Gasteiger partial charge is 0.377 e. The second kappa shape index (κ2) is 8.17. The van der Waals surface area contributed by atoms with E-state index < -0.39 is 8.80 Å². The normalized spacial score (nSPS) is 11.6. The molecule has 0 N–H and O–H groups in total. The predicted octanol–water partition coefficient (Wildman–Crippen LogP) is 2.61. The molecule has 4 heteroatoms. The van der Waals surface area contributed by atoms with Crippen LogP contribution in [0.25, 0.3) is 0 Å². The van der Waals surface area contributed by atoms with E-state index in [1.54, 1.807) is 21.3 Å². The molecule has 0 aliphatic carbocycles. The zero-order valence-corrected chi connectivity index (χ0v) is 10.5. The molecule has 0 saturated heterocycles. The van der Waals surface area contributed by atoms with Gasteiger partial charge in [0.1, 0.15) is 0 Å². The zero-order valence-electron chi connectivity index (χ0n) is 9.54. The van der Waals surface area contributed by atoms with Crippen molar-refractivity contribution in [2.24, 2.45) is 0 Å². The summed E-state index contributed by atoms with van der Waals surface area (Å²) >= 11 is 0. The lowest BCUT2D eigenvalue weighted by atomic mass is 10.2. The third-order valence-corrected chi connectivity index (χ3v) is 5.16. The molecule has 0 aliphatic rings. The summed E-state index contributed by atoms with van der Waals surface area (Å²) < 4.78 is 16.0. The fraction of sp³-hybridized carbons (Fsp3) is 0.800. The summed E-state index contributed by atoms with van der Waals surface area (Å²) in [6.45, 7) is 3.69. The van der Waals surface area contributed by atoms with Crippen LogP contribution in [-0.4, -0.2) is 30.1 Å². The second-order valence-corrected chi connectivity index (χ2v) is 6.27. The Morgan fingerprint density at radius 3 is 2.00 bits per heavy atom. The predicted molar refractivity (Wildman–Crippen MR) is 60.3 cm³/mol. The minimum absolute atomic E-state index is 0.896. The highest BCUT2D eigenvalue weighted by Crippen LogP contribution is 2.17. The van der Waals surface area contributed by atoms with Crippen molar-refractivity contribution in [3.8, 4) is 0 Å². The van der Waals surface area contributed by atoms with Crippen molar-refractivity contribution in [1.29, 1.82) is 0 Å². The zero-order chi connectivity index (χ0) is 10.9.